The monoisotopic (exact) mass is 215 g/mol. The molecule has 0 rings (SSSR count). The Morgan fingerprint density at radius 1 is 1.00 bits per heavy atom. The summed E-state index contributed by atoms with van der Waals surface area (Å²) in [6.45, 7) is 1.98. The lowest BCUT2D eigenvalue weighted by atomic mass is 10.1. The van der Waals surface area contributed by atoms with Gasteiger partial charge in [0.15, 0.2) is 0 Å². The molecule has 0 unspecified atom stereocenters. The van der Waals surface area contributed by atoms with Crippen LogP contribution in [0, 0.1) is 0 Å². The molecule has 0 radical (unpaired) electrons. The standard InChI is InChI=1S/C12H25NO2/c1-2-3-4-5-6-7-8-9-10-12(15)13-11-14/h14H,2-11H2,1H3,(H,13,15). The van der Waals surface area contributed by atoms with Crippen molar-refractivity contribution in [3.63, 3.8) is 0 Å². The number of unbranched alkanes of at least 4 members (excludes halogenated alkanes) is 7. The third kappa shape index (κ3) is 11.4. The van der Waals surface area contributed by atoms with Crippen LogP contribution in [0.2, 0.25) is 0 Å². The summed E-state index contributed by atoms with van der Waals surface area (Å²) < 4.78 is 0. The van der Waals surface area contributed by atoms with Gasteiger partial charge >= 0.3 is 0 Å². The lowest BCUT2D eigenvalue weighted by molar-refractivity contribution is -0.122. The molecule has 0 bridgehead atoms. The van der Waals surface area contributed by atoms with Crippen molar-refractivity contribution in [2.75, 3.05) is 6.73 Å². The average molecular weight is 215 g/mol. The number of hydrogen-bond donors (Lipinski definition) is 2. The Kier molecular flexibility index (Phi) is 11.1. The first-order chi connectivity index (χ1) is 7.31. The minimum absolute atomic E-state index is 0.0384. The summed E-state index contributed by atoms with van der Waals surface area (Å²) in [4.78, 5) is 10.9. The van der Waals surface area contributed by atoms with Crippen molar-refractivity contribution in [2.45, 2.75) is 64.7 Å². The highest BCUT2D eigenvalue weighted by molar-refractivity contribution is 5.75. The third-order valence-electron chi connectivity index (χ3n) is 2.53. The molecule has 0 fully saturated rings. The van der Waals surface area contributed by atoms with E-state index >= 15 is 0 Å². The SMILES string of the molecule is CCCCCCCCCCC(=O)NCO. The van der Waals surface area contributed by atoms with Gasteiger partial charge in [-0.3, -0.25) is 4.79 Å². The van der Waals surface area contributed by atoms with Gasteiger partial charge in [0.05, 0.1) is 0 Å². The molecule has 2 N–H and O–H groups in total. The van der Waals surface area contributed by atoms with Crippen LogP contribution in [0.4, 0.5) is 0 Å². The summed E-state index contributed by atoms with van der Waals surface area (Å²) in [5.41, 5.74) is 0. The van der Waals surface area contributed by atoms with Crippen LogP contribution in [0.1, 0.15) is 64.7 Å². The molecular formula is C12H25NO2. The van der Waals surface area contributed by atoms with Crippen molar-refractivity contribution < 1.29 is 9.90 Å². The summed E-state index contributed by atoms with van der Waals surface area (Å²) in [5, 5.41) is 10.8. The van der Waals surface area contributed by atoms with Crippen molar-refractivity contribution >= 4 is 5.91 Å². The zero-order valence-electron chi connectivity index (χ0n) is 9.93. The zero-order chi connectivity index (χ0) is 11.4. The second kappa shape index (κ2) is 11.5. The summed E-state index contributed by atoms with van der Waals surface area (Å²) in [5.74, 6) is -0.0384. The molecule has 0 aliphatic heterocycles. The van der Waals surface area contributed by atoms with E-state index in [2.05, 4.69) is 12.2 Å². The summed E-state index contributed by atoms with van der Waals surface area (Å²) in [6, 6.07) is 0. The number of hydrogen-bond acceptors (Lipinski definition) is 2. The normalized spacial score (nSPS) is 10.3. The minimum Gasteiger partial charge on any atom is -0.377 e. The van der Waals surface area contributed by atoms with Gasteiger partial charge in [-0.15, -0.1) is 0 Å². The molecule has 0 saturated heterocycles. The Hall–Kier alpha value is -0.570. The van der Waals surface area contributed by atoms with Crippen LogP contribution in [0.25, 0.3) is 0 Å². The van der Waals surface area contributed by atoms with Gasteiger partial charge in [-0.1, -0.05) is 51.9 Å². The van der Waals surface area contributed by atoms with Gasteiger partial charge in [-0.25, -0.2) is 0 Å². The topological polar surface area (TPSA) is 49.3 Å². The van der Waals surface area contributed by atoms with Crippen LogP contribution in [-0.4, -0.2) is 17.7 Å². The van der Waals surface area contributed by atoms with E-state index in [9.17, 15) is 4.79 Å². The molecule has 15 heavy (non-hydrogen) atoms. The smallest absolute Gasteiger partial charge is 0.221 e. The van der Waals surface area contributed by atoms with Crippen molar-refractivity contribution in [1.82, 2.24) is 5.32 Å². The van der Waals surface area contributed by atoms with Crippen LogP contribution in [0.5, 0.6) is 0 Å². The van der Waals surface area contributed by atoms with Crippen molar-refractivity contribution in [2.24, 2.45) is 0 Å². The van der Waals surface area contributed by atoms with Gasteiger partial charge in [0, 0.05) is 6.42 Å². The first-order valence-electron chi connectivity index (χ1n) is 6.18. The summed E-state index contributed by atoms with van der Waals surface area (Å²) >= 11 is 0. The van der Waals surface area contributed by atoms with Gasteiger partial charge in [0.25, 0.3) is 0 Å². The largest absolute Gasteiger partial charge is 0.377 e. The van der Waals surface area contributed by atoms with E-state index in [0.717, 1.165) is 12.8 Å². The van der Waals surface area contributed by atoms with Gasteiger partial charge in [-0.2, -0.15) is 0 Å². The highest BCUT2D eigenvalue weighted by atomic mass is 16.3. The molecule has 3 heteroatoms. The van der Waals surface area contributed by atoms with E-state index in [1.54, 1.807) is 0 Å². The second-order valence-electron chi connectivity index (χ2n) is 3.98. The van der Waals surface area contributed by atoms with Crippen LogP contribution >= 0.6 is 0 Å². The maximum Gasteiger partial charge on any atom is 0.221 e. The Morgan fingerprint density at radius 3 is 2.07 bits per heavy atom. The maximum absolute atomic E-state index is 10.9. The maximum atomic E-state index is 10.9. The van der Waals surface area contributed by atoms with Crippen molar-refractivity contribution in [3.05, 3.63) is 0 Å². The number of aliphatic hydroxyl groups excluding tert-OH is 1. The molecule has 0 aromatic heterocycles. The molecular weight excluding hydrogens is 190 g/mol. The van der Waals surface area contributed by atoms with E-state index in [1.165, 1.54) is 38.5 Å². The highest BCUT2D eigenvalue weighted by Gasteiger charge is 1.98. The van der Waals surface area contributed by atoms with Gasteiger partial charge < -0.3 is 10.4 Å². The molecule has 0 aromatic carbocycles. The third-order valence-corrected chi connectivity index (χ3v) is 2.53. The lowest BCUT2D eigenvalue weighted by Crippen LogP contribution is -2.23. The van der Waals surface area contributed by atoms with Crippen LogP contribution in [0.15, 0.2) is 0 Å². The Morgan fingerprint density at radius 2 is 1.53 bits per heavy atom. The first kappa shape index (κ1) is 14.4. The molecule has 90 valence electrons. The highest BCUT2D eigenvalue weighted by Crippen LogP contribution is 2.09. The number of aliphatic hydroxyl groups is 1. The fourth-order valence-corrected chi connectivity index (χ4v) is 1.60. The second-order valence-corrected chi connectivity index (χ2v) is 3.98. The Balaban J connectivity index is 3.01. The van der Waals surface area contributed by atoms with Crippen LogP contribution in [0.3, 0.4) is 0 Å². The van der Waals surface area contributed by atoms with E-state index in [-0.39, 0.29) is 12.6 Å². The minimum atomic E-state index is -0.240. The van der Waals surface area contributed by atoms with Gasteiger partial charge in [0.1, 0.15) is 6.73 Å². The molecule has 0 aliphatic rings. The van der Waals surface area contributed by atoms with E-state index in [1.807, 2.05) is 0 Å². The van der Waals surface area contributed by atoms with E-state index in [0.29, 0.717) is 6.42 Å². The summed E-state index contributed by atoms with van der Waals surface area (Å²) in [6.07, 6.45) is 10.5. The van der Waals surface area contributed by atoms with Crippen molar-refractivity contribution in [3.8, 4) is 0 Å². The van der Waals surface area contributed by atoms with Crippen molar-refractivity contribution in [1.29, 1.82) is 0 Å². The van der Waals surface area contributed by atoms with E-state index < -0.39 is 0 Å². The predicted octanol–water partition coefficient (Wildman–Crippen LogP) is 2.58. The quantitative estimate of drug-likeness (QED) is 0.434. The molecule has 0 spiro atoms. The first-order valence-corrected chi connectivity index (χ1v) is 6.18. The zero-order valence-corrected chi connectivity index (χ0v) is 9.93. The van der Waals surface area contributed by atoms with Gasteiger partial charge in [0.2, 0.25) is 5.91 Å². The molecule has 0 saturated carbocycles. The fraction of sp³-hybridized carbons (Fsp3) is 0.917. The number of amides is 1. The molecule has 0 aliphatic carbocycles. The molecule has 0 heterocycles. The number of nitrogens with one attached hydrogen (secondary N) is 1. The Bertz CT molecular complexity index is 149. The molecule has 0 atom stereocenters. The van der Waals surface area contributed by atoms with Crippen LogP contribution in [-0.2, 0) is 4.79 Å². The average Bonchev–Trinajstić information content (AvgIpc) is 2.22. The van der Waals surface area contributed by atoms with Gasteiger partial charge in [-0.05, 0) is 6.42 Å². The Labute approximate surface area is 93.3 Å². The lowest BCUT2D eigenvalue weighted by Gasteiger charge is -2.02. The van der Waals surface area contributed by atoms with Crippen LogP contribution < -0.4 is 5.32 Å². The summed E-state index contributed by atoms with van der Waals surface area (Å²) in [7, 11) is 0. The predicted molar refractivity (Wildman–Crippen MR) is 62.5 cm³/mol. The number of carbonyl (C=O) groups excluding carboxylic acids is 1. The number of carbonyl (C=O) groups is 1. The fourth-order valence-electron chi connectivity index (χ4n) is 1.60. The molecule has 3 nitrogen and oxygen atoms in total. The molecule has 1 amide bonds. The van der Waals surface area contributed by atoms with E-state index in [4.69, 9.17) is 5.11 Å². The number of rotatable bonds is 10. The molecule has 0 aromatic rings.